The summed E-state index contributed by atoms with van der Waals surface area (Å²) in [5, 5.41) is -0.0460. The molecule has 1 N–H and O–H groups in total. The third kappa shape index (κ3) is 5.84. The van der Waals surface area contributed by atoms with Gasteiger partial charge in [-0.15, -0.1) is 0 Å². The van der Waals surface area contributed by atoms with Gasteiger partial charge in [0, 0.05) is 30.1 Å². The number of nitrogens with zero attached hydrogens (tertiary/aromatic N) is 3. The standard InChI is InChI=1S/C28H22ClF3N4O4S/c1-2-26-34-23-15-20(28(30,31)32)21(29)16-24(23)36(26)18-10-8-17(9-11-18)12-14-40-27(37)35-41(38,39)25-7-3-6-22-19(25)5-4-13-33-22/h3-11,13,15-16H,2,12,14H2,1H3,(H,35,37). The molecule has 2 aromatic heterocycles. The molecule has 0 bridgehead atoms. The Morgan fingerprint density at radius 3 is 2.51 bits per heavy atom. The van der Waals surface area contributed by atoms with Gasteiger partial charge in [-0.25, -0.2) is 22.9 Å². The van der Waals surface area contributed by atoms with E-state index in [-0.39, 0.29) is 23.4 Å². The fraction of sp³-hybridized carbons (Fsp3) is 0.179. The van der Waals surface area contributed by atoms with E-state index in [1.165, 1.54) is 24.4 Å². The zero-order chi connectivity index (χ0) is 29.4. The summed E-state index contributed by atoms with van der Waals surface area (Å²) in [4.78, 5) is 20.7. The Labute approximate surface area is 237 Å². The second kappa shape index (κ2) is 11.0. The Morgan fingerprint density at radius 2 is 1.80 bits per heavy atom. The molecule has 0 unspecified atom stereocenters. The number of hydrogen-bond donors (Lipinski definition) is 1. The van der Waals surface area contributed by atoms with E-state index in [0.29, 0.717) is 34.4 Å². The number of carbonyl (C=O) groups excluding carboxylic acids is 1. The predicted octanol–water partition coefficient (Wildman–Crippen LogP) is 6.47. The molecule has 0 saturated heterocycles. The highest BCUT2D eigenvalue weighted by Gasteiger charge is 2.34. The number of aryl methyl sites for hydroxylation is 1. The van der Waals surface area contributed by atoms with Gasteiger partial charge in [-0.05, 0) is 54.1 Å². The van der Waals surface area contributed by atoms with E-state index >= 15 is 0 Å². The van der Waals surface area contributed by atoms with E-state index in [2.05, 4.69) is 9.97 Å². The third-order valence-electron chi connectivity index (χ3n) is 6.37. The molecule has 0 saturated carbocycles. The van der Waals surface area contributed by atoms with Crippen LogP contribution in [-0.2, 0) is 33.8 Å². The van der Waals surface area contributed by atoms with E-state index < -0.39 is 32.9 Å². The van der Waals surface area contributed by atoms with Crippen molar-refractivity contribution in [2.45, 2.75) is 30.8 Å². The van der Waals surface area contributed by atoms with Gasteiger partial charge in [0.15, 0.2) is 0 Å². The number of amides is 1. The first-order valence-corrected chi connectivity index (χ1v) is 14.2. The van der Waals surface area contributed by atoms with Crippen molar-refractivity contribution in [1.82, 2.24) is 19.3 Å². The molecule has 0 spiro atoms. The summed E-state index contributed by atoms with van der Waals surface area (Å²) in [6.45, 7) is 1.75. The molecule has 0 atom stereocenters. The number of nitrogens with one attached hydrogen (secondary N) is 1. The lowest BCUT2D eigenvalue weighted by atomic mass is 10.1. The van der Waals surface area contributed by atoms with Gasteiger partial charge in [-0.2, -0.15) is 13.2 Å². The zero-order valence-electron chi connectivity index (χ0n) is 21.4. The molecule has 8 nitrogen and oxygen atoms in total. The number of carbonyl (C=O) groups is 1. The highest BCUT2D eigenvalue weighted by Crippen LogP contribution is 2.38. The van der Waals surface area contributed by atoms with Gasteiger partial charge in [-0.1, -0.05) is 36.7 Å². The van der Waals surface area contributed by atoms with Crippen molar-refractivity contribution >= 4 is 49.7 Å². The Hall–Kier alpha value is -4.16. The van der Waals surface area contributed by atoms with Crippen molar-refractivity contribution in [3.05, 3.63) is 94.9 Å². The molecule has 212 valence electrons. The van der Waals surface area contributed by atoms with E-state index in [0.717, 1.165) is 11.6 Å². The Morgan fingerprint density at radius 1 is 1.05 bits per heavy atom. The lowest BCUT2D eigenvalue weighted by Crippen LogP contribution is -2.31. The second-order valence-corrected chi connectivity index (χ2v) is 11.1. The number of aromatic nitrogens is 3. The van der Waals surface area contributed by atoms with Gasteiger partial charge < -0.3 is 4.74 Å². The summed E-state index contributed by atoms with van der Waals surface area (Å²) in [7, 11) is -4.20. The van der Waals surface area contributed by atoms with E-state index in [4.69, 9.17) is 16.3 Å². The van der Waals surface area contributed by atoms with Crippen LogP contribution in [0, 0.1) is 0 Å². The molecule has 0 aliphatic carbocycles. The highest BCUT2D eigenvalue weighted by atomic mass is 35.5. The van der Waals surface area contributed by atoms with Gasteiger partial charge in [-0.3, -0.25) is 9.55 Å². The summed E-state index contributed by atoms with van der Waals surface area (Å²) < 4.78 is 74.2. The lowest BCUT2D eigenvalue weighted by molar-refractivity contribution is -0.137. The fourth-order valence-corrected chi connectivity index (χ4v) is 5.84. The molecule has 0 aliphatic heterocycles. The van der Waals surface area contributed by atoms with Crippen LogP contribution >= 0.6 is 11.6 Å². The number of alkyl halides is 3. The zero-order valence-corrected chi connectivity index (χ0v) is 23.0. The van der Waals surface area contributed by atoms with Crippen LogP contribution in [0.1, 0.15) is 23.9 Å². The van der Waals surface area contributed by atoms with Gasteiger partial charge in [0.1, 0.15) is 5.82 Å². The van der Waals surface area contributed by atoms with Crippen LogP contribution in [0.3, 0.4) is 0 Å². The number of benzene rings is 3. The first-order chi connectivity index (χ1) is 19.5. The van der Waals surface area contributed by atoms with Crippen LogP contribution in [0.2, 0.25) is 5.02 Å². The molecule has 2 heterocycles. The van der Waals surface area contributed by atoms with E-state index in [1.54, 1.807) is 47.0 Å². The smallest absolute Gasteiger partial charge is 0.421 e. The average molecular weight is 603 g/mol. The average Bonchev–Trinajstić information content (AvgIpc) is 3.29. The maximum Gasteiger partial charge on any atom is 0.421 e. The molecule has 0 radical (unpaired) electrons. The minimum atomic E-state index is -4.60. The molecule has 0 fully saturated rings. The first kappa shape index (κ1) is 28.4. The summed E-state index contributed by atoms with van der Waals surface area (Å²) in [5.41, 5.74) is 1.59. The summed E-state index contributed by atoms with van der Waals surface area (Å²) >= 11 is 5.96. The predicted molar refractivity (Wildman–Crippen MR) is 148 cm³/mol. The van der Waals surface area contributed by atoms with Crippen LogP contribution in [-0.4, -0.2) is 35.7 Å². The molecule has 3 aromatic carbocycles. The van der Waals surface area contributed by atoms with Crippen molar-refractivity contribution in [3.63, 3.8) is 0 Å². The van der Waals surface area contributed by atoms with Gasteiger partial charge in [0.05, 0.1) is 38.6 Å². The van der Waals surface area contributed by atoms with Crippen LogP contribution < -0.4 is 4.72 Å². The van der Waals surface area contributed by atoms with Crippen molar-refractivity contribution in [3.8, 4) is 5.69 Å². The molecular formula is C28H22ClF3N4O4S. The maximum absolute atomic E-state index is 13.3. The summed E-state index contributed by atoms with van der Waals surface area (Å²) in [6.07, 6.45) is -3.42. The van der Waals surface area contributed by atoms with Crippen LogP contribution in [0.25, 0.3) is 27.6 Å². The molecule has 1 amide bonds. The molecule has 5 rings (SSSR count). The number of imidazole rings is 1. The summed E-state index contributed by atoms with van der Waals surface area (Å²) in [5.74, 6) is 0.561. The third-order valence-corrected chi connectivity index (χ3v) is 8.05. The van der Waals surface area contributed by atoms with Crippen molar-refractivity contribution in [2.24, 2.45) is 0 Å². The molecule has 13 heteroatoms. The largest absolute Gasteiger partial charge is 0.448 e. The number of ether oxygens (including phenoxy) is 1. The summed E-state index contributed by atoms with van der Waals surface area (Å²) in [6, 6.07) is 17.0. The minimum Gasteiger partial charge on any atom is -0.448 e. The maximum atomic E-state index is 13.3. The van der Waals surface area contributed by atoms with Gasteiger partial charge in [0.25, 0.3) is 10.0 Å². The topological polar surface area (TPSA) is 103 Å². The minimum absolute atomic E-state index is 0.0926. The number of pyridine rings is 1. The molecule has 41 heavy (non-hydrogen) atoms. The van der Waals surface area contributed by atoms with E-state index in [9.17, 15) is 26.4 Å². The fourth-order valence-electron chi connectivity index (χ4n) is 4.47. The molecule has 5 aromatic rings. The van der Waals surface area contributed by atoms with Gasteiger partial charge in [0.2, 0.25) is 0 Å². The van der Waals surface area contributed by atoms with Crippen molar-refractivity contribution in [2.75, 3.05) is 6.61 Å². The van der Waals surface area contributed by atoms with Crippen LogP contribution in [0.5, 0.6) is 0 Å². The monoisotopic (exact) mass is 602 g/mol. The number of rotatable bonds is 7. The lowest BCUT2D eigenvalue weighted by Gasteiger charge is -2.12. The number of sulfonamides is 1. The quantitative estimate of drug-likeness (QED) is 0.229. The van der Waals surface area contributed by atoms with Crippen LogP contribution in [0.4, 0.5) is 18.0 Å². The van der Waals surface area contributed by atoms with Gasteiger partial charge >= 0.3 is 12.3 Å². The first-order valence-electron chi connectivity index (χ1n) is 12.4. The number of hydrogen-bond acceptors (Lipinski definition) is 6. The van der Waals surface area contributed by atoms with Crippen LogP contribution in [0.15, 0.2) is 77.8 Å². The van der Waals surface area contributed by atoms with Crippen molar-refractivity contribution < 1.29 is 31.1 Å². The Kier molecular flexibility index (Phi) is 7.62. The molecule has 0 aliphatic rings. The second-order valence-electron chi connectivity index (χ2n) is 9.02. The SMILES string of the molecule is CCc1nc2cc(C(F)(F)F)c(Cl)cc2n1-c1ccc(CCOC(=O)NS(=O)(=O)c2cccc3ncccc23)cc1. The van der Waals surface area contributed by atoms with E-state index in [1.807, 2.05) is 11.6 Å². The normalized spacial score (nSPS) is 12.1. The Balaban J connectivity index is 1.26. The number of fused-ring (bicyclic) bond motifs is 2. The van der Waals surface area contributed by atoms with Crippen molar-refractivity contribution in [1.29, 1.82) is 0 Å². The highest BCUT2D eigenvalue weighted by molar-refractivity contribution is 7.90. The number of halogens is 4. The Bertz CT molecular complexity index is 1870. The molecular weight excluding hydrogens is 581 g/mol.